The molecule has 2 atom stereocenters. The minimum atomic E-state index is -3.29. The number of aromatic nitrogens is 1. The van der Waals surface area contributed by atoms with Gasteiger partial charge in [0.25, 0.3) is 5.91 Å². The van der Waals surface area contributed by atoms with Gasteiger partial charge in [-0.2, -0.15) is 17.6 Å². The summed E-state index contributed by atoms with van der Waals surface area (Å²) in [5, 5.41) is 2.74. The molecule has 1 saturated carbocycles. The zero-order valence-electron chi connectivity index (χ0n) is 25.2. The van der Waals surface area contributed by atoms with E-state index in [1.165, 1.54) is 17.9 Å². The molecule has 228 valence electrons. The summed E-state index contributed by atoms with van der Waals surface area (Å²) in [4.78, 5) is 46.0. The first-order valence-electron chi connectivity index (χ1n) is 14.6. The van der Waals surface area contributed by atoms with Crippen LogP contribution in [0, 0.1) is 0 Å². The highest BCUT2D eigenvalue weighted by Crippen LogP contribution is 2.38. The van der Waals surface area contributed by atoms with Gasteiger partial charge in [0, 0.05) is 35.2 Å². The molecule has 1 N–H and O–H groups in total. The van der Waals surface area contributed by atoms with Crippen LogP contribution >= 0.6 is 0 Å². The fourth-order valence-corrected chi connectivity index (χ4v) is 5.37. The summed E-state index contributed by atoms with van der Waals surface area (Å²) >= 11 is 0. The van der Waals surface area contributed by atoms with Gasteiger partial charge in [0.2, 0.25) is 11.8 Å². The predicted octanol–water partition coefficient (Wildman–Crippen LogP) is 4.71. The Morgan fingerprint density at radius 3 is 2.45 bits per heavy atom. The maximum Gasteiger partial charge on any atom is 0.387 e. The Morgan fingerprint density at radius 2 is 1.79 bits per heavy atom. The molecule has 3 amide bonds. The number of amides is 3. The summed E-state index contributed by atoms with van der Waals surface area (Å²) < 4.78 is 75.7. The van der Waals surface area contributed by atoms with Crippen molar-refractivity contribution in [3.63, 3.8) is 0 Å². The van der Waals surface area contributed by atoms with Crippen molar-refractivity contribution in [2.24, 2.45) is 0 Å². The van der Waals surface area contributed by atoms with E-state index >= 15 is 0 Å². The molecule has 2 aliphatic rings. The van der Waals surface area contributed by atoms with E-state index in [1.54, 1.807) is 30.1 Å². The molecule has 0 spiro atoms. The minimum Gasteiger partial charge on any atom is -0.431 e. The van der Waals surface area contributed by atoms with Crippen molar-refractivity contribution >= 4 is 17.7 Å². The second kappa shape index (κ2) is 13.8. The second-order valence-corrected chi connectivity index (χ2v) is 10.2. The molecule has 42 heavy (non-hydrogen) atoms. The number of hydrogen-bond donors (Lipinski definition) is 1. The third-order valence-corrected chi connectivity index (χ3v) is 7.53. The Hall–Kier alpha value is -3.90. The lowest BCUT2D eigenvalue weighted by Gasteiger charge is -2.31. The summed E-state index contributed by atoms with van der Waals surface area (Å²) in [5.74, 6) is -2.83. The third-order valence-electron chi connectivity index (χ3n) is 7.53. The van der Waals surface area contributed by atoms with Gasteiger partial charge in [-0.15, -0.1) is 0 Å². The lowest BCUT2D eigenvalue weighted by molar-refractivity contribution is -0.136. The van der Waals surface area contributed by atoms with Crippen LogP contribution in [0.4, 0.5) is 17.6 Å². The number of carbonyl (C=O) groups is 3. The SMILES string of the molecule is [2H]C1([2H])CCC(N(C)C(=O)c2cccc(CNC(=O)[C@H]3CC(c4ccc(OC(F)F)c(OC(F)F)c4)CN3C(C)=O)n2)CC1. The molecule has 1 saturated heterocycles. The molecule has 1 aliphatic carbocycles. The molecular weight excluding hydrogens is 560 g/mol. The maximum absolute atomic E-state index is 13.2. The highest BCUT2D eigenvalue weighted by atomic mass is 19.3. The minimum absolute atomic E-state index is 0.0355. The number of hydrogen-bond acceptors (Lipinski definition) is 6. The zero-order valence-corrected chi connectivity index (χ0v) is 23.2. The molecule has 1 aliphatic heterocycles. The van der Waals surface area contributed by atoms with Gasteiger partial charge in [0.15, 0.2) is 11.5 Å². The van der Waals surface area contributed by atoms with E-state index in [1.807, 2.05) is 0 Å². The Bertz CT molecular complexity index is 1360. The first kappa shape index (κ1) is 28.2. The standard InChI is InChI=1S/C29H34F4N4O5/c1-17(38)37-16-19(18-11-12-24(41-28(30)31)25(14-18)42-29(32)33)13-23(37)26(39)34-15-20-7-6-10-22(35-20)27(40)36(2)21-8-4-3-5-9-21/h6-7,10-12,14,19,21,23,28-29H,3-5,8-9,13,15-16H2,1-2H3,(H,34,39)/t19?,23-/m1/s1/i3D2. The predicted molar refractivity (Wildman–Crippen MR) is 143 cm³/mol. The average molecular weight is 597 g/mol. The van der Waals surface area contributed by atoms with Crippen LogP contribution in [0.25, 0.3) is 0 Å². The number of likely N-dealkylation sites (tertiary alicyclic amines) is 1. The number of benzene rings is 1. The van der Waals surface area contributed by atoms with Crippen molar-refractivity contribution in [2.45, 2.75) is 83.2 Å². The molecule has 1 aromatic heterocycles. The van der Waals surface area contributed by atoms with E-state index in [-0.39, 0.29) is 43.1 Å². The highest BCUT2D eigenvalue weighted by molar-refractivity contribution is 5.92. The van der Waals surface area contributed by atoms with Crippen molar-refractivity contribution in [3.05, 3.63) is 53.3 Å². The number of carbonyl (C=O) groups excluding carboxylic acids is 3. The Balaban J connectivity index is 1.41. The van der Waals surface area contributed by atoms with Crippen molar-refractivity contribution in [1.82, 2.24) is 20.1 Å². The van der Waals surface area contributed by atoms with Gasteiger partial charge >= 0.3 is 13.2 Å². The average Bonchev–Trinajstić information content (AvgIpc) is 3.42. The topological polar surface area (TPSA) is 101 Å². The van der Waals surface area contributed by atoms with E-state index in [0.717, 1.165) is 12.1 Å². The van der Waals surface area contributed by atoms with Crippen LogP contribution in [0.2, 0.25) is 0 Å². The molecule has 0 radical (unpaired) electrons. The summed E-state index contributed by atoms with van der Waals surface area (Å²) in [6.45, 7) is -5.21. The second-order valence-electron chi connectivity index (χ2n) is 10.2. The first-order chi connectivity index (χ1) is 20.7. The molecule has 2 aromatic rings. The van der Waals surface area contributed by atoms with Gasteiger partial charge in [-0.3, -0.25) is 14.4 Å². The van der Waals surface area contributed by atoms with Gasteiger partial charge in [0.1, 0.15) is 11.7 Å². The molecule has 1 aromatic carbocycles. The number of alkyl halides is 4. The van der Waals surface area contributed by atoms with E-state index in [9.17, 15) is 31.9 Å². The van der Waals surface area contributed by atoms with Crippen molar-refractivity contribution in [3.8, 4) is 11.5 Å². The van der Waals surface area contributed by atoms with Crippen LogP contribution in [-0.4, -0.2) is 71.4 Å². The molecule has 4 rings (SSSR count). The molecule has 2 fully saturated rings. The molecule has 2 heterocycles. The van der Waals surface area contributed by atoms with Crippen molar-refractivity contribution in [1.29, 1.82) is 0 Å². The van der Waals surface area contributed by atoms with Crippen LogP contribution in [0.1, 0.15) is 75.8 Å². The smallest absolute Gasteiger partial charge is 0.387 e. The number of rotatable bonds is 10. The number of pyridine rings is 1. The maximum atomic E-state index is 13.2. The fraction of sp³-hybridized carbons (Fsp3) is 0.517. The fourth-order valence-electron chi connectivity index (χ4n) is 5.37. The van der Waals surface area contributed by atoms with Gasteiger partial charge in [-0.1, -0.05) is 31.3 Å². The summed E-state index contributed by atoms with van der Waals surface area (Å²) in [7, 11) is 1.67. The Labute approximate surface area is 244 Å². The molecule has 9 nitrogen and oxygen atoms in total. The zero-order chi connectivity index (χ0) is 32.2. The highest BCUT2D eigenvalue weighted by Gasteiger charge is 2.39. The largest absolute Gasteiger partial charge is 0.431 e. The van der Waals surface area contributed by atoms with E-state index in [0.29, 0.717) is 36.9 Å². The summed E-state index contributed by atoms with van der Waals surface area (Å²) in [6, 6.07) is 7.45. The normalized spacial score (nSPS) is 21.1. The van der Waals surface area contributed by atoms with E-state index < -0.39 is 49.0 Å². The number of halogens is 4. The van der Waals surface area contributed by atoms with Crippen LogP contribution in [0.15, 0.2) is 36.4 Å². The van der Waals surface area contributed by atoms with Gasteiger partial charge in [-0.05, 0) is 49.1 Å². The van der Waals surface area contributed by atoms with E-state index in [2.05, 4.69) is 19.8 Å². The third kappa shape index (κ3) is 7.68. The van der Waals surface area contributed by atoms with Crippen LogP contribution in [-0.2, 0) is 16.1 Å². The van der Waals surface area contributed by atoms with Gasteiger partial charge < -0.3 is 24.6 Å². The number of nitrogens with zero attached hydrogens (tertiary/aromatic N) is 3. The lowest BCUT2D eigenvalue weighted by atomic mass is 9.94. The van der Waals surface area contributed by atoms with Crippen LogP contribution in [0.5, 0.6) is 11.5 Å². The first-order valence-corrected chi connectivity index (χ1v) is 13.6. The lowest BCUT2D eigenvalue weighted by Crippen LogP contribution is -2.45. The molecule has 13 heteroatoms. The summed E-state index contributed by atoms with van der Waals surface area (Å²) in [6.07, 6.45) is 0.747. The van der Waals surface area contributed by atoms with Crippen LogP contribution in [0.3, 0.4) is 0 Å². The molecule has 1 unspecified atom stereocenters. The summed E-state index contributed by atoms with van der Waals surface area (Å²) in [5.41, 5.74) is 0.986. The van der Waals surface area contributed by atoms with Crippen LogP contribution < -0.4 is 14.8 Å². The van der Waals surface area contributed by atoms with E-state index in [4.69, 9.17) is 2.74 Å². The number of nitrogens with one attached hydrogen (secondary N) is 1. The Morgan fingerprint density at radius 1 is 1.10 bits per heavy atom. The number of ether oxygens (including phenoxy) is 2. The molecule has 0 bridgehead atoms. The van der Waals surface area contributed by atoms with Crippen molar-refractivity contribution < 1.29 is 44.2 Å². The quantitative estimate of drug-likeness (QED) is 0.399. The monoisotopic (exact) mass is 596 g/mol. The van der Waals surface area contributed by atoms with Crippen molar-refractivity contribution in [2.75, 3.05) is 13.6 Å². The molecular formula is C29H34F4N4O5. The van der Waals surface area contributed by atoms with Gasteiger partial charge in [0.05, 0.1) is 12.2 Å². The van der Waals surface area contributed by atoms with Gasteiger partial charge in [-0.25, -0.2) is 4.98 Å². The Kier molecular flexibility index (Phi) is 9.30.